The van der Waals surface area contributed by atoms with E-state index in [0.717, 1.165) is 6.92 Å². The van der Waals surface area contributed by atoms with Gasteiger partial charge < -0.3 is 45.9 Å². The Kier molecular flexibility index (Phi) is 8.32. The van der Waals surface area contributed by atoms with Crippen LogP contribution in [0, 0.1) is 0 Å². The first-order valence-corrected chi connectivity index (χ1v) is 6.15. The van der Waals surface area contributed by atoms with Crippen LogP contribution >= 0.6 is 0 Å². The third kappa shape index (κ3) is 6.33. The van der Waals surface area contributed by atoms with E-state index in [0.29, 0.717) is 0 Å². The minimum atomic E-state index is -1.48. The Balaban J connectivity index is 0.000000885. The van der Waals surface area contributed by atoms with Crippen LogP contribution in [-0.2, 0) is 14.3 Å². The summed E-state index contributed by atoms with van der Waals surface area (Å²) >= 11 is 0. The fourth-order valence-corrected chi connectivity index (χ4v) is 1.75. The lowest BCUT2D eigenvalue weighted by Crippen LogP contribution is -2.68. The van der Waals surface area contributed by atoms with E-state index in [1.54, 1.807) is 0 Å². The molecular weight excluding hydrogens is 290 g/mol. The van der Waals surface area contributed by atoms with Crippen LogP contribution in [0.25, 0.3) is 0 Å². The number of hydrogen-bond acceptors (Lipinski definition) is 8. The largest absolute Gasteiger partial charge is 0.550 e. The fraction of sp³-hybridized carbons (Fsp3) is 0.818. The van der Waals surface area contributed by atoms with Crippen LogP contribution in [-0.4, -0.2) is 80.6 Å². The van der Waals surface area contributed by atoms with Crippen molar-refractivity contribution in [2.45, 2.75) is 49.9 Å². The van der Waals surface area contributed by atoms with Crippen molar-refractivity contribution in [3.05, 3.63) is 0 Å². The van der Waals surface area contributed by atoms with Gasteiger partial charge in [-0.25, -0.2) is 4.79 Å². The quantitative estimate of drug-likeness (QED) is 0.293. The molecule has 0 amide bonds. The van der Waals surface area contributed by atoms with Crippen LogP contribution in [0.1, 0.15) is 13.3 Å². The summed E-state index contributed by atoms with van der Waals surface area (Å²) in [7, 11) is 0. The Morgan fingerprint density at radius 2 is 1.62 bits per heavy atom. The molecule has 21 heavy (non-hydrogen) atoms. The van der Waals surface area contributed by atoms with Gasteiger partial charge in [0.1, 0.15) is 24.4 Å². The summed E-state index contributed by atoms with van der Waals surface area (Å²) in [6.07, 6.45) is -6.43. The number of carboxylic acids is 2. The van der Waals surface area contributed by atoms with Gasteiger partial charge in [-0.1, -0.05) is 0 Å². The van der Waals surface area contributed by atoms with Gasteiger partial charge in [-0.15, -0.1) is 0 Å². The molecule has 1 heterocycles. The highest BCUT2D eigenvalue weighted by molar-refractivity contribution is 5.71. The van der Waals surface area contributed by atoms with Gasteiger partial charge in [0.25, 0.3) is 0 Å². The normalized spacial score (nSPS) is 33.5. The molecule has 0 aromatic carbocycles. The molecule has 0 aliphatic carbocycles. The fourth-order valence-electron chi connectivity index (χ4n) is 1.75. The number of hydrogen-bond donors (Lipinski definition) is 6. The van der Waals surface area contributed by atoms with E-state index in [1.165, 1.54) is 0 Å². The number of carbonyl (C=O) groups is 2. The monoisotopic (exact) mass is 311 g/mol. The van der Waals surface area contributed by atoms with Crippen LogP contribution < -0.4 is 10.8 Å². The molecule has 1 rings (SSSR count). The van der Waals surface area contributed by atoms with E-state index in [2.05, 4.69) is 5.73 Å². The van der Waals surface area contributed by atoms with E-state index in [9.17, 15) is 20.1 Å². The average molecular weight is 311 g/mol. The molecular formula is C11H21NO9. The van der Waals surface area contributed by atoms with E-state index in [1.807, 2.05) is 0 Å². The first-order chi connectivity index (χ1) is 9.61. The molecule has 10 heteroatoms. The number of aliphatic hydroxyl groups is 4. The second-order valence-corrected chi connectivity index (χ2v) is 4.63. The smallest absolute Gasteiger partial charge is 0.362 e. The zero-order valence-corrected chi connectivity index (χ0v) is 11.5. The van der Waals surface area contributed by atoms with Crippen molar-refractivity contribution in [3.8, 4) is 0 Å². The maximum absolute atomic E-state index is 10.6. The van der Waals surface area contributed by atoms with Crippen LogP contribution in [0.5, 0.6) is 0 Å². The molecule has 0 bridgehead atoms. The van der Waals surface area contributed by atoms with E-state index >= 15 is 0 Å². The van der Waals surface area contributed by atoms with Crippen molar-refractivity contribution in [1.29, 1.82) is 0 Å². The topological polar surface area (TPSA) is 195 Å². The SMILES string of the molecule is CC(=O)[O-].[NH3+][C@@H](C[C@H]1O[C@H](CO)[C@@H](O)[C@H](O)[C@H]1O)C(=O)O. The molecule has 8 N–H and O–H groups in total. The molecule has 0 spiro atoms. The molecule has 0 unspecified atom stereocenters. The highest BCUT2D eigenvalue weighted by Crippen LogP contribution is 2.23. The van der Waals surface area contributed by atoms with Crippen molar-refractivity contribution in [1.82, 2.24) is 0 Å². The Morgan fingerprint density at radius 3 is 2.00 bits per heavy atom. The van der Waals surface area contributed by atoms with Gasteiger partial charge in [-0.3, -0.25) is 0 Å². The number of carboxylic acid groups (broad SMARTS) is 2. The number of carbonyl (C=O) groups excluding carboxylic acids is 1. The van der Waals surface area contributed by atoms with E-state index < -0.39 is 55.1 Å². The van der Waals surface area contributed by atoms with Crippen molar-refractivity contribution < 1.29 is 50.7 Å². The lowest BCUT2D eigenvalue weighted by Gasteiger charge is -2.40. The summed E-state index contributed by atoms with van der Waals surface area (Å²) in [5.74, 6) is -2.23. The lowest BCUT2D eigenvalue weighted by molar-refractivity contribution is -0.415. The first-order valence-electron chi connectivity index (χ1n) is 6.15. The summed E-state index contributed by atoms with van der Waals surface area (Å²) in [4.78, 5) is 19.5. The zero-order chi connectivity index (χ0) is 16.7. The Labute approximate surface area is 120 Å². The highest BCUT2D eigenvalue weighted by atomic mass is 16.5. The van der Waals surface area contributed by atoms with Gasteiger partial charge in [-0.2, -0.15) is 0 Å². The van der Waals surface area contributed by atoms with Crippen molar-refractivity contribution in [2.75, 3.05) is 6.61 Å². The molecule has 0 radical (unpaired) electrons. The average Bonchev–Trinajstić information content (AvgIpc) is 2.38. The van der Waals surface area contributed by atoms with Gasteiger partial charge in [0.2, 0.25) is 0 Å². The van der Waals surface area contributed by atoms with Crippen LogP contribution in [0.2, 0.25) is 0 Å². The zero-order valence-electron chi connectivity index (χ0n) is 11.5. The number of aliphatic hydroxyl groups excluding tert-OH is 4. The molecule has 6 atom stereocenters. The number of rotatable bonds is 4. The highest BCUT2D eigenvalue weighted by Gasteiger charge is 2.44. The summed E-state index contributed by atoms with van der Waals surface area (Å²) in [6, 6.07) is -1.00. The van der Waals surface area contributed by atoms with Gasteiger partial charge in [0, 0.05) is 12.4 Å². The van der Waals surface area contributed by atoms with Crippen molar-refractivity contribution in [3.63, 3.8) is 0 Å². The Hall–Kier alpha value is -1.30. The molecule has 124 valence electrons. The van der Waals surface area contributed by atoms with Gasteiger partial charge >= 0.3 is 5.97 Å². The second kappa shape index (κ2) is 8.87. The number of aliphatic carboxylic acids is 2. The predicted octanol–water partition coefficient (Wildman–Crippen LogP) is -5.33. The molecule has 0 aromatic heterocycles. The van der Waals surface area contributed by atoms with Crippen LogP contribution in [0.4, 0.5) is 0 Å². The molecule has 0 saturated carbocycles. The number of ether oxygens (including phenoxy) is 1. The molecule has 10 nitrogen and oxygen atoms in total. The lowest BCUT2D eigenvalue weighted by atomic mass is 9.92. The van der Waals surface area contributed by atoms with Crippen LogP contribution in [0.15, 0.2) is 0 Å². The minimum absolute atomic E-state index is 0.114. The molecule has 0 aromatic rings. The predicted molar refractivity (Wildman–Crippen MR) is 63.4 cm³/mol. The second-order valence-electron chi connectivity index (χ2n) is 4.63. The molecule has 1 aliphatic rings. The third-order valence-corrected chi connectivity index (χ3v) is 2.86. The summed E-state index contributed by atoms with van der Waals surface area (Å²) in [6.45, 7) is 0.441. The van der Waals surface area contributed by atoms with E-state index in [-0.39, 0.29) is 6.42 Å². The molecule has 1 aliphatic heterocycles. The standard InChI is InChI=1S/C9H17NO7.C2H4O2/c10-3(9(15)16)1-4-6(12)8(14)7(13)5(2-11)17-4;1-2(3)4/h3-8,11-14H,1-2,10H2,(H,15,16);1H3,(H,3,4)/t3-,4+,5+,6-,7+,8+;/m0./s1. The summed E-state index contributed by atoms with van der Waals surface area (Å²) in [5, 5.41) is 55.1. The maximum Gasteiger partial charge on any atom is 0.362 e. The van der Waals surface area contributed by atoms with Crippen molar-refractivity contribution in [2.24, 2.45) is 0 Å². The Morgan fingerprint density at radius 1 is 1.19 bits per heavy atom. The van der Waals surface area contributed by atoms with Gasteiger partial charge in [0.05, 0.1) is 12.7 Å². The van der Waals surface area contributed by atoms with Crippen molar-refractivity contribution >= 4 is 11.9 Å². The molecule has 1 fully saturated rings. The summed E-state index contributed by atoms with van der Waals surface area (Å²) < 4.78 is 5.14. The van der Waals surface area contributed by atoms with Gasteiger partial charge in [0.15, 0.2) is 6.04 Å². The Bertz CT molecular complexity index is 345. The number of quaternary nitrogens is 1. The van der Waals surface area contributed by atoms with Crippen LogP contribution in [0.3, 0.4) is 0 Å². The molecule has 1 saturated heterocycles. The summed E-state index contributed by atoms with van der Waals surface area (Å²) in [5.41, 5.74) is 3.36. The minimum Gasteiger partial charge on any atom is -0.550 e. The van der Waals surface area contributed by atoms with E-state index in [4.69, 9.17) is 24.9 Å². The van der Waals surface area contributed by atoms with Gasteiger partial charge in [-0.05, 0) is 6.92 Å². The first kappa shape index (κ1) is 19.7. The maximum atomic E-state index is 10.6. The third-order valence-electron chi connectivity index (χ3n) is 2.86.